The number of nitrogens with zero attached hydrogens (tertiary/aromatic N) is 4. The summed E-state index contributed by atoms with van der Waals surface area (Å²) in [6.45, 7) is 1.68. The van der Waals surface area contributed by atoms with Crippen LogP contribution in [-0.2, 0) is 16.1 Å². The molecule has 9 nitrogen and oxygen atoms in total. The summed E-state index contributed by atoms with van der Waals surface area (Å²) in [5.41, 5.74) is 2.59. The van der Waals surface area contributed by atoms with Gasteiger partial charge in [-0.15, -0.1) is 5.10 Å². The molecule has 0 aliphatic heterocycles. The van der Waals surface area contributed by atoms with Gasteiger partial charge >= 0.3 is 11.7 Å². The second kappa shape index (κ2) is 7.19. The molecule has 29 heavy (non-hydrogen) atoms. The normalized spacial score (nSPS) is 11.0. The summed E-state index contributed by atoms with van der Waals surface area (Å²) in [7, 11) is 1.30. The lowest BCUT2D eigenvalue weighted by molar-refractivity contribution is -0.117. The molecule has 0 fully saturated rings. The van der Waals surface area contributed by atoms with Crippen LogP contribution >= 0.6 is 0 Å². The van der Waals surface area contributed by atoms with E-state index in [-0.39, 0.29) is 6.54 Å². The smallest absolute Gasteiger partial charge is 0.352 e. The highest BCUT2D eigenvalue weighted by Gasteiger charge is 2.14. The molecule has 0 atom stereocenters. The molecule has 0 saturated carbocycles. The number of benzene rings is 2. The first kappa shape index (κ1) is 18.4. The molecule has 4 aromatic rings. The lowest BCUT2D eigenvalue weighted by Crippen LogP contribution is -2.28. The first-order valence-corrected chi connectivity index (χ1v) is 8.79. The molecule has 146 valence electrons. The molecule has 0 radical (unpaired) electrons. The van der Waals surface area contributed by atoms with Crippen LogP contribution in [0.4, 0.5) is 5.69 Å². The van der Waals surface area contributed by atoms with E-state index in [1.807, 2.05) is 25.1 Å². The Labute approximate surface area is 164 Å². The van der Waals surface area contributed by atoms with E-state index in [9.17, 15) is 14.4 Å². The Balaban J connectivity index is 1.59. The highest BCUT2D eigenvalue weighted by molar-refractivity contribution is 5.93. The number of nitrogens with one attached hydrogen (secondary N) is 1. The van der Waals surface area contributed by atoms with Crippen LogP contribution in [0.5, 0.6) is 0 Å². The average molecular weight is 391 g/mol. The number of carbonyl (C=O) groups excluding carboxylic acids is 2. The molecule has 1 N–H and O–H groups in total. The fourth-order valence-electron chi connectivity index (χ4n) is 3.02. The lowest BCUT2D eigenvalue weighted by Gasteiger charge is -2.05. The average Bonchev–Trinajstić information content (AvgIpc) is 3.03. The standard InChI is InChI=1S/C20H17N5O4/c1-12-3-8-16-15(9-12)18-23-25(20(28)24(18)11-21-16)10-17(26)22-14-6-4-13(5-7-14)19(27)29-2/h3-9,11H,10H2,1-2H3,(H,22,26). The van der Waals surface area contributed by atoms with E-state index in [2.05, 4.69) is 20.1 Å². The number of amides is 1. The van der Waals surface area contributed by atoms with E-state index in [4.69, 9.17) is 0 Å². The van der Waals surface area contributed by atoms with Crippen LogP contribution < -0.4 is 11.0 Å². The zero-order valence-corrected chi connectivity index (χ0v) is 15.7. The van der Waals surface area contributed by atoms with Crippen LogP contribution in [0.3, 0.4) is 0 Å². The van der Waals surface area contributed by atoms with Crippen molar-refractivity contribution in [1.29, 1.82) is 0 Å². The van der Waals surface area contributed by atoms with Gasteiger partial charge in [-0.3, -0.25) is 4.79 Å². The summed E-state index contributed by atoms with van der Waals surface area (Å²) < 4.78 is 7.05. The number of fused-ring (bicyclic) bond motifs is 3. The molecular formula is C20H17N5O4. The largest absolute Gasteiger partial charge is 0.465 e. The third-order valence-corrected chi connectivity index (χ3v) is 4.46. The highest BCUT2D eigenvalue weighted by Crippen LogP contribution is 2.17. The van der Waals surface area contributed by atoms with Crippen molar-refractivity contribution in [2.24, 2.45) is 0 Å². The Bertz CT molecular complexity index is 1300. The number of ether oxygens (including phenoxy) is 1. The zero-order valence-electron chi connectivity index (χ0n) is 15.7. The van der Waals surface area contributed by atoms with Crippen LogP contribution in [0.1, 0.15) is 15.9 Å². The summed E-state index contributed by atoms with van der Waals surface area (Å²) in [5.74, 6) is -0.884. The number of methoxy groups -OCH3 is 1. The van der Waals surface area contributed by atoms with Gasteiger partial charge in [0.1, 0.15) is 12.9 Å². The SMILES string of the molecule is COC(=O)c1ccc(NC(=O)Cn2nc3c4cc(C)ccc4ncn3c2=O)cc1. The van der Waals surface area contributed by atoms with Gasteiger partial charge in [-0.05, 0) is 43.3 Å². The predicted molar refractivity (Wildman–Crippen MR) is 106 cm³/mol. The maximum absolute atomic E-state index is 12.6. The second-order valence-electron chi connectivity index (χ2n) is 6.52. The minimum atomic E-state index is -0.463. The number of aromatic nitrogens is 4. The van der Waals surface area contributed by atoms with Crippen LogP contribution in [0.25, 0.3) is 16.6 Å². The summed E-state index contributed by atoms with van der Waals surface area (Å²) in [6, 6.07) is 11.9. The van der Waals surface area contributed by atoms with Crippen LogP contribution in [-0.4, -0.2) is 38.2 Å². The first-order valence-electron chi connectivity index (χ1n) is 8.79. The van der Waals surface area contributed by atoms with Crippen molar-refractivity contribution < 1.29 is 14.3 Å². The molecule has 0 aliphatic carbocycles. The van der Waals surface area contributed by atoms with E-state index in [0.29, 0.717) is 16.9 Å². The topological polar surface area (TPSA) is 108 Å². The Morgan fingerprint density at radius 2 is 1.90 bits per heavy atom. The van der Waals surface area contributed by atoms with Crippen molar-refractivity contribution >= 4 is 34.1 Å². The quantitative estimate of drug-likeness (QED) is 0.532. The van der Waals surface area contributed by atoms with Gasteiger partial charge in [-0.2, -0.15) is 0 Å². The van der Waals surface area contributed by atoms with Gasteiger partial charge < -0.3 is 10.1 Å². The number of hydrogen-bond acceptors (Lipinski definition) is 6. The Kier molecular flexibility index (Phi) is 4.55. The van der Waals surface area contributed by atoms with E-state index in [0.717, 1.165) is 21.1 Å². The fraction of sp³-hybridized carbons (Fsp3) is 0.150. The molecule has 2 aromatic carbocycles. The van der Waals surface area contributed by atoms with Gasteiger partial charge in [0.15, 0.2) is 5.65 Å². The monoisotopic (exact) mass is 391 g/mol. The van der Waals surface area contributed by atoms with Crippen molar-refractivity contribution in [2.75, 3.05) is 12.4 Å². The number of anilines is 1. The molecule has 0 saturated heterocycles. The van der Waals surface area contributed by atoms with Gasteiger partial charge in [0, 0.05) is 11.1 Å². The van der Waals surface area contributed by atoms with Gasteiger partial charge in [-0.25, -0.2) is 23.7 Å². The third kappa shape index (κ3) is 3.45. The zero-order chi connectivity index (χ0) is 20.5. The summed E-state index contributed by atoms with van der Waals surface area (Å²) >= 11 is 0. The molecule has 0 bridgehead atoms. The maximum atomic E-state index is 12.6. The Morgan fingerprint density at radius 1 is 1.14 bits per heavy atom. The van der Waals surface area contributed by atoms with Crippen LogP contribution in [0, 0.1) is 6.92 Å². The lowest BCUT2D eigenvalue weighted by atomic mass is 10.2. The van der Waals surface area contributed by atoms with Crippen molar-refractivity contribution in [3.63, 3.8) is 0 Å². The molecule has 1 amide bonds. The van der Waals surface area contributed by atoms with E-state index >= 15 is 0 Å². The number of esters is 1. The van der Waals surface area contributed by atoms with E-state index in [1.54, 1.807) is 24.3 Å². The molecule has 0 spiro atoms. The number of rotatable bonds is 4. The molecule has 4 rings (SSSR count). The van der Waals surface area contributed by atoms with Crippen molar-refractivity contribution in [2.45, 2.75) is 13.5 Å². The molecule has 0 aliphatic rings. The van der Waals surface area contributed by atoms with Crippen LogP contribution in [0.2, 0.25) is 0 Å². The predicted octanol–water partition coefficient (Wildman–Crippen LogP) is 1.78. The Hall–Kier alpha value is -4.01. The summed E-state index contributed by atoms with van der Waals surface area (Å²) in [6.07, 6.45) is 1.41. The van der Waals surface area contributed by atoms with Gasteiger partial charge in [0.05, 0.1) is 18.2 Å². The summed E-state index contributed by atoms with van der Waals surface area (Å²) in [4.78, 5) is 40.7. The molecule has 2 heterocycles. The third-order valence-electron chi connectivity index (χ3n) is 4.46. The maximum Gasteiger partial charge on any atom is 0.352 e. The van der Waals surface area contributed by atoms with Crippen LogP contribution in [0.15, 0.2) is 53.6 Å². The first-order chi connectivity index (χ1) is 14.0. The van der Waals surface area contributed by atoms with Crippen molar-refractivity contribution in [1.82, 2.24) is 19.2 Å². The fourth-order valence-corrected chi connectivity index (χ4v) is 3.02. The molecule has 0 unspecified atom stereocenters. The van der Waals surface area contributed by atoms with Crippen molar-refractivity contribution in [3.8, 4) is 0 Å². The minimum absolute atomic E-state index is 0.257. The number of hydrogen-bond donors (Lipinski definition) is 1. The Morgan fingerprint density at radius 3 is 2.62 bits per heavy atom. The number of carbonyl (C=O) groups is 2. The van der Waals surface area contributed by atoms with Gasteiger partial charge in [-0.1, -0.05) is 11.6 Å². The van der Waals surface area contributed by atoms with Gasteiger partial charge in [0.2, 0.25) is 5.91 Å². The van der Waals surface area contributed by atoms with Gasteiger partial charge in [0.25, 0.3) is 0 Å². The minimum Gasteiger partial charge on any atom is -0.465 e. The molecule has 2 aromatic heterocycles. The number of aryl methyl sites for hydroxylation is 1. The highest BCUT2D eigenvalue weighted by atomic mass is 16.5. The van der Waals surface area contributed by atoms with Crippen molar-refractivity contribution in [3.05, 3.63) is 70.4 Å². The summed E-state index contributed by atoms with van der Waals surface area (Å²) in [5, 5.41) is 7.73. The molecule has 9 heteroatoms. The van der Waals surface area contributed by atoms with E-state index < -0.39 is 17.6 Å². The van der Waals surface area contributed by atoms with E-state index in [1.165, 1.54) is 17.8 Å². The molecular weight excluding hydrogens is 374 g/mol. The second-order valence-corrected chi connectivity index (χ2v) is 6.52.